The van der Waals surface area contributed by atoms with E-state index in [2.05, 4.69) is 22.3 Å². The number of likely N-dealkylation sites (tertiary alicyclic amines) is 1. The highest BCUT2D eigenvalue weighted by Crippen LogP contribution is 2.41. The standard InChI is InChI=1S/C19H24N2O4/c1-23-15-4-2-3-13(11-15)18-16(7-8-21(18)14-5-6-14)20-19(22)17-12-24-9-10-25-17/h2-4,11-12,14,16,18H,5-10H2,1H3,(H,20,22)/t16-,18+/m1/s1. The van der Waals surface area contributed by atoms with Crippen molar-refractivity contribution in [2.24, 2.45) is 0 Å². The Morgan fingerprint density at radius 1 is 1.28 bits per heavy atom. The molecule has 25 heavy (non-hydrogen) atoms. The Bertz CT molecular complexity index is 671. The summed E-state index contributed by atoms with van der Waals surface area (Å²) in [4.78, 5) is 15.0. The van der Waals surface area contributed by atoms with Gasteiger partial charge in [-0.3, -0.25) is 9.69 Å². The number of hydrogen-bond acceptors (Lipinski definition) is 5. The first-order chi connectivity index (χ1) is 12.3. The third-order valence-electron chi connectivity index (χ3n) is 5.08. The van der Waals surface area contributed by atoms with Gasteiger partial charge in [0.25, 0.3) is 5.91 Å². The van der Waals surface area contributed by atoms with Gasteiger partial charge in [0.05, 0.1) is 19.2 Å². The molecule has 2 atom stereocenters. The van der Waals surface area contributed by atoms with E-state index in [0.717, 1.165) is 18.7 Å². The van der Waals surface area contributed by atoms with Crippen molar-refractivity contribution in [1.29, 1.82) is 0 Å². The Kier molecular flexibility index (Phi) is 4.53. The fourth-order valence-electron chi connectivity index (χ4n) is 3.76. The first kappa shape index (κ1) is 16.3. The molecular formula is C19H24N2O4. The second kappa shape index (κ2) is 6.96. The molecule has 6 nitrogen and oxygen atoms in total. The molecule has 2 aliphatic heterocycles. The van der Waals surface area contributed by atoms with Crippen LogP contribution in [0, 0.1) is 0 Å². The molecule has 0 radical (unpaired) electrons. The van der Waals surface area contributed by atoms with Crippen molar-refractivity contribution < 1.29 is 19.0 Å². The monoisotopic (exact) mass is 344 g/mol. The van der Waals surface area contributed by atoms with Gasteiger partial charge in [-0.05, 0) is 37.0 Å². The summed E-state index contributed by atoms with van der Waals surface area (Å²) in [7, 11) is 1.68. The average Bonchev–Trinajstić information content (AvgIpc) is 3.43. The molecule has 1 aromatic carbocycles. The highest BCUT2D eigenvalue weighted by atomic mass is 16.6. The minimum absolute atomic E-state index is 0.0478. The van der Waals surface area contributed by atoms with Crippen LogP contribution in [0.25, 0.3) is 0 Å². The summed E-state index contributed by atoms with van der Waals surface area (Å²) in [5, 5.41) is 3.15. The van der Waals surface area contributed by atoms with Crippen LogP contribution < -0.4 is 10.1 Å². The van der Waals surface area contributed by atoms with E-state index in [-0.39, 0.29) is 23.8 Å². The number of nitrogens with zero attached hydrogens (tertiary/aromatic N) is 1. The number of methoxy groups -OCH3 is 1. The van der Waals surface area contributed by atoms with Crippen molar-refractivity contribution in [3.05, 3.63) is 41.9 Å². The molecule has 6 heteroatoms. The van der Waals surface area contributed by atoms with Gasteiger partial charge in [-0.25, -0.2) is 0 Å². The second-order valence-electron chi connectivity index (χ2n) is 6.76. The van der Waals surface area contributed by atoms with Gasteiger partial charge in [0, 0.05) is 12.6 Å². The molecule has 1 saturated carbocycles. The van der Waals surface area contributed by atoms with Crippen LogP contribution in [0.15, 0.2) is 36.3 Å². The molecule has 0 unspecified atom stereocenters. The predicted molar refractivity (Wildman–Crippen MR) is 92.0 cm³/mol. The van der Waals surface area contributed by atoms with E-state index in [1.54, 1.807) is 7.11 Å². The van der Waals surface area contributed by atoms with Crippen LogP contribution in [0.5, 0.6) is 5.75 Å². The van der Waals surface area contributed by atoms with Crippen molar-refractivity contribution >= 4 is 5.91 Å². The average molecular weight is 344 g/mol. The number of rotatable bonds is 5. The van der Waals surface area contributed by atoms with Crippen LogP contribution in [0.2, 0.25) is 0 Å². The molecular weight excluding hydrogens is 320 g/mol. The van der Waals surface area contributed by atoms with Crippen LogP contribution in [-0.4, -0.2) is 49.8 Å². The smallest absolute Gasteiger partial charge is 0.289 e. The highest BCUT2D eigenvalue weighted by Gasteiger charge is 2.43. The van der Waals surface area contributed by atoms with Crippen molar-refractivity contribution in [3.63, 3.8) is 0 Å². The van der Waals surface area contributed by atoms with Gasteiger partial charge in [0.2, 0.25) is 5.76 Å². The molecule has 1 aromatic rings. The lowest BCUT2D eigenvalue weighted by Crippen LogP contribution is -2.41. The van der Waals surface area contributed by atoms with Crippen molar-refractivity contribution in [2.45, 2.75) is 37.4 Å². The zero-order valence-corrected chi connectivity index (χ0v) is 14.4. The summed E-state index contributed by atoms with van der Waals surface area (Å²) < 4.78 is 16.0. The predicted octanol–water partition coefficient (Wildman–Crippen LogP) is 1.98. The summed E-state index contributed by atoms with van der Waals surface area (Å²) in [5.74, 6) is 0.910. The quantitative estimate of drug-likeness (QED) is 0.885. The Labute approximate surface area is 147 Å². The normalized spacial score (nSPS) is 26.4. The summed E-state index contributed by atoms with van der Waals surface area (Å²) in [6.45, 7) is 1.90. The SMILES string of the molecule is COc1cccc([C@H]2[C@H](NC(=O)C3=COCCO3)CCN2C2CC2)c1. The third-order valence-corrected chi connectivity index (χ3v) is 5.08. The number of nitrogens with one attached hydrogen (secondary N) is 1. The topological polar surface area (TPSA) is 60.0 Å². The van der Waals surface area contributed by atoms with E-state index in [1.807, 2.05) is 12.1 Å². The Hall–Kier alpha value is -2.21. The van der Waals surface area contributed by atoms with Gasteiger partial charge >= 0.3 is 0 Å². The van der Waals surface area contributed by atoms with Gasteiger partial charge in [-0.15, -0.1) is 0 Å². The van der Waals surface area contributed by atoms with Crippen molar-refractivity contribution in [2.75, 3.05) is 26.9 Å². The van der Waals surface area contributed by atoms with Gasteiger partial charge in [-0.1, -0.05) is 12.1 Å². The van der Waals surface area contributed by atoms with Crippen molar-refractivity contribution in [3.8, 4) is 5.75 Å². The van der Waals surface area contributed by atoms with Gasteiger partial charge in [0.15, 0.2) is 0 Å². The summed E-state index contributed by atoms with van der Waals surface area (Å²) in [6.07, 6.45) is 4.82. The van der Waals surface area contributed by atoms with Gasteiger partial charge in [0.1, 0.15) is 25.2 Å². The maximum atomic E-state index is 12.5. The molecule has 0 bridgehead atoms. The summed E-state index contributed by atoms with van der Waals surface area (Å²) >= 11 is 0. The second-order valence-corrected chi connectivity index (χ2v) is 6.76. The Morgan fingerprint density at radius 2 is 2.16 bits per heavy atom. The highest BCUT2D eigenvalue weighted by molar-refractivity contribution is 5.91. The molecule has 2 fully saturated rings. The molecule has 2 heterocycles. The molecule has 0 spiro atoms. The lowest BCUT2D eigenvalue weighted by Gasteiger charge is -2.29. The van der Waals surface area contributed by atoms with Crippen LogP contribution in [0.4, 0.5) is 0 Å². The molecule has 1 aliphatic carbocycles. The maximum Gasteiger partial charge on any atom is 0.289 e. The van der Waals surface area contributed by atoms with Crippen molar-refractivity contribution in [1.82, 2.24) is 10.2 Å². The number of carbonyl (C=O) groups excluding carboxylic acids is 1. The number of carbonyl (C=O) groups is 1. The Morgan fingerprint density at radius 3 is 2.88 bits per heavy atom. The minimum Gasteiger partial charge on any atom is -0.497 e. The first-order valence-corrected chi connectivity index (χ1v) is 8.91. The van der Waals surface area contributed by atoms with E-state index >= 15 is 0 Å². The van der Waals surface area contributed by atoms with Crippen LogP contribution in [0.3, 0.4) is 0 Å². The third kappa shape index (κ3) is 3.44. The van der Waals surface area contributed by atoms with Gasteiger partial charge in [-0.2, -0.15) is 0 Å². The Balaban J connectivity index is 1.55. The van der Waals surface area contributed by atoms with Crippen LogP contribution >= 0.6 is 0 Å². The van der Waals surface area contributed by atoms with E-state index in [1.165, 1.54) is 24.7 Å². The number of ether oxygens (including phenoxy) is 3. The molecule has 3 aliphatic rings. The summed E-state index contributed by atoms with van der Waals surface area (Å²) in [6, 6.07) is 8.99. The minimum atomic E-state index is -0.199. The lowest BCUT2D eigenvalue weighted by molar-refractivity contribution is -0.123. The van der Waals surface area contributed by atoms with E-state index < -0.39 is 0 Å². The van der Waals surface area contributed by atoms with Crippen LogP contribution in [-0.2, 0) is 14.3 Å². The van der Waals surface area contributed by atoms with Crippen LogP contribution in [0.1, 0.15) is 30.9 Å². The molecule has 1 amide bonds. The zero-order valence-electron chi connectivity index (χ0n) is 14.4. The fraction of sp³-hybridized carbons (Fsp3) is 0.526. The molecule has 1 saturated heterocycles. The first-order valence-electron chi connectivity index (χ1n) is 8.91. The lowest BCUT2D eigenvalue weighted by atomic mass is 9.99. The molecule has 4 rings (SSSR count). The van der Waals surface area contributed by atoms with Gasteiger partial charge < -0.3 is 19.5 Å². The molecule has 134 valence electrons. The maximum absolute atomic E-state index is 12.5. The largest absolute Gasteiger partial charge is 0.497 e. The molecule has 1 N–H and O–H groups in total. The zero-order chi connectivity index (χ0) is 17.2. The fourth-order valence-corrected chi connectivity index (χ4v) is 3.76. The summed E-state index contributed by atoms with van der Waals surface area (Å²) in [5.41, 5.74) is 1.18. The number of benzene rings is 1. The molecule has 0 aromatic heterocycles. The van der Waals surface area contributed by atoms with E-state index in [9.17, 15) is 4.79 Å². The van der Waals surface area contributed by atoms with E-state index in [0.29, 0.717) is 19.3 Å². The number of hydrogen-bond donors (Lipinski definition) is 1. The number of amides is 1. The van der Waals surface area contributed by atoms with E-state index in [4.69, 9.17) is 14.2 Å².